The lowest BCUT2D eigenvalue weighted by Crippen LogP contribution is -2.28. The molecule has 1 saturated heterocycles. The van der Waals surface area contributed by atoms with E-state index in [-0.39, 0.29) is 24.6 Å². The summed E-state index contributed by atoms with van der Waals surface area (Å²) >= 11 is 6.09. The Morgan fingerprint density at radius 1 is 1.15 bits per heavy atom. The Kier molecular flexibility index (Phi) is 4.91. The molecule has 1 heterocycles. The topological polar surface area (TPSA) is 49.4 Å². The fourth-order valence-corrected chi connectivity index (χ4v) is 3.04. The molecule has 2 amide bonds. The fourth-order valence-electron chi connectivity index (χ4n) is 2.80. The van der Waals surface area contributed by atoms with Gasteiger partial charge in [0.25, 0.3) is 0 Å². The molecule has 1 N–H and O–H groups in total. The lowest BCUT2D eigenvalue weighted by Gasteiger charge is -2.18. The Morgan fingerprint density at radius 2 is 1.88 bits per heavy atom. The van der Waals surface area contributed by atoms with Gasteiger partial charge >= 0.3 is 6.18 Å². The van der Waals surface area contributed by atoms with Crippen molar-refractivity contribution in [1.29, 1.82) is 0 Å². The molecule has 1 aliphatic rings. The van der Waals surface area contributed by atoms with Crippen LogP contribution in [-0.4, -0.2) is 18.4 Å². The van der Waals surface area contributed by atoms with E-state index in [0.29, 0.717) is 10.7 Å². The van der Waals surface area contributed by atoms with Crippen LogP contribution in [0.2, 0.25) is 5.02 Å². The molecule has 0 aromatic heterocycles. The highest BCUT2D eigenvalue weighted by atomic mass is 35.5. The third-order valence-corrected chi connectivity index (χ3v) is 4.42. The van der Waals surface area contributed by atoms with Crippen molar-refractivity contribution in [3.63, 3.8) is 0 Å². The number of carbonyl (C=O) groups excluding carboxylic acids is 2. The number of carbonyl (C=O) groups is 2. The normalized spacial score (nSPS) is 17.5. The molecular weight excluding hydrogens is 369 g/mol. The Labute approximate surface area is 152 Å². The number of benzene rings is 2. The van der Waals surface area contributed by atoms with E-state index in [4.69, 9.17) is 11.6 Å². The summed E-state index contributed by atoms with van der Waals surface area (Å²) in [6.07, 6.45) is -4.53. The van der Waals surface area contributed by atoms with E-state index in [2.05, 4.69) is 5.32 Å². The predicted molar refractivity (Wildman–Crippen MR) is 92.0 cm³/mol. The third kappa shape index (κ3) is 3.83. The molecule has 0 bridgehead atoms. The van der Waals surface area contributed by atoms with E-state index in [1.165, 1.54) is 17.0 Å². The van der Waals surface area contributed by atoms with Crippen molar-refractivity contribution in [1.82, 2.24) is 0 Å². The Hall–Kier alpha value is -2.54. The molecule has 26 heavy (non-hydrogen) atoms. The van der Waals surface area contributed by atoms with E-state index in [1.54, 1.807) is 24.3 Å². The van der Waals surface area contributed by atoms with Crippen molar-refractivity contribution < 1.29 is 22.8 Å². The number of halogens is 4. The first kappa shape index (κ1) is 18.3. The summed E-state index contributed by atoms with van der Waals surface area (Å²) in [6.45, 7) is 0.118. The van der Waals surface area contributed by atoms with Gasteiger partial charge < -0.3 is 10.2 Å². The number of alkyl halides is 3. The molecule has 4 nitrogen and oxygen atoms in total. The average Bonchev–Trinajstić information content (AvgIpc) is 2.97. The number of para-hydroxylation sites is 1. The zero-order valence-electron chi connectivity index (χ0n) is 13.4. The van der Waals surface area contributed by atoms with E-state index < -0.39 is 23.6 Å². The van der Waals surface area contributed by atoms with Gasteiger partial charge in [-0.25, -0.2) is 0 Å². The molecule has 1 aliphatic heterocycles. The van der Waals surface area contributed by atoms with Gasteiger partial charge in [-0.2, -0.15) is 13.2 Å². The minimum absolute atomic E-state index is 0.0317. The quantitative estimate of drug-likeness (QED) is 0.858. The van der Waals surface area contributed by atoms with Crippen molar-refractivity contribution in [2.75, 3.05) is 16.8 Å². The molecule has 1 fully saturated rings. The van der Waals surface area contributed by atoms with Gasteiger partial charge in [0, 0.05) is 18.7 Å². The highest BCUT2D eigenvalue weighted by Gasteiger charge is 2.36. The van der Waals surface area contributed by atoms with Crippen molar-refractivity contribution in [2.45, 2.75) is 12.6 Å². The summed E-state index contributed by atoms with van der Waals surface area (Å²) in [6, 6.07) is 11.1. The molecule has 2 aromatic rings. The molecule has 3 rings (SSSR count). The highest BCUT2D eigenvalue weighted by molar-refractivity contribution is 6.33. The third-order valence-electron chi connectivity index (χ3n) is 4.10. The maximum Gasteiger partial charge on any atom is 0.416 e. The SMILES string of the molecule is O=C(Nc1cccc(C(F)(F)F)c1)[C@H]1CC(=O)N(c2ccccc2Cl)C1. The summed E-state index contributed by atoms with van der Waals surface area (Å²) in [5.41, 5.74) is -0.308. The molecule has 0 spiro atoms. The first-order chi connectivity index (χ1) is 12.3. The van der Waals surface area contributed by atoms with E-state index >= 15 is 0 Å². The molecular formula is C18H14ClF3N2O2. The first-order valence-corrected chi connectivity index (χ1v) is 8.16. The van der Waals surface area contributed by atoms with Crippen molar-refractivity contribution in [2.24, 2.45) is 5.92 Å². The minimum Gasteiger partial charge on any atom is -0.326 e. The van der Waals surface area contributed by atoms with Gasteiger partial charge in [0.05, 0.1) is 22.2 Å². The van der Waals surface area contributed by atoms with Gasteiger partial charge in [-0.1, -0.05) is 29.8 Å². The van der Waals surface area contributed by atoms with Crippen LogP contribution in [0.15, 0.2) is 48.5 Å². The second-order valence-electron chi connectivity index (χ2n) is 5.92. The van der Waals surface area contributed by atoms with E-state index in [9.17, 15) is 22.8 Å². The van der Waals surface area contributed by atoms with Crippen LogP contribution in [0.3, 0.4) is 0 Å². The summed E-state index contributed by atoms with van der Waals surface area (Å²) in [7, 11) is 0. The number of amides is 2. The second kappa shape index (κ2) is 6.99. The Balaban J connectivity index is 1.72. The average molecular weight is 383 g/mol. The van der Waals surface area contributed by atoms with Crippen LogP contribution in [0.25, 0.3) is 0 Å². The predicted octanol–water partition coefficient (Wildman–Crippen LogP) is 4.35. The number of hydrogen-bond donors (Lipinski definition) is 1. The maximum absolute atomic E-state index is 12.8. The molecule has 8 heteroatoms. The largest absolute Gasteiger partial charge is 0.416 e. The molecule has 0 aliphatic carbocycles. The van der Waals surface area contributed by atoms with Gasteiger partial charge in [0.15, 0.2) is 0 Å². The van der Waals surface area contributed by atoms with Crippen LogP contribution >= 0.6 is 11.6 Å². The van der Waals surface area contributed by atoms with Crippen LogP contribution in [0.4, 0.5) is 24.5 Å². The fraction of sp³-hybridized carbons (Fsp3) is 0.222. The van der Waals surface area contributed by atoms with Crippen LogP contribution < -0.4 is 10.2 Å². The lowest BCUT2D eigenvalue weighted by atomic mass is 10.1. The molecule has 0 radical (unpaired) electrons. The van der Waals surface area contributed by atoms with Crippen LogP contribution in [0.1, 0.15) is 12.0 Å². The number of nitrogens with zero attached hydrogens (tertiary/aromatic N) is 1. The van der Waals surface area contributed by atoms with Gasteiger partial charge in [-0.3, -0.25) is 9.59 Å². The minimum atomic E-state index is -4.50. The maximum atomic E-state index is 12.8. The molecule has 136 valence electrons. The monoisotopic (exact) mass is 382 g/mol. The van der Waals surface area contributed by atoms with Crippen LogP contribution in [-0.2, 0) is 15.8 Å². The van der Waals surface area contributed by atoms with Gasteiger partial charge in [-0.05, 0) is 30.3 Å². The Bertz CT molecular complexity index is 854. The van der Waals surface area contributed by atoms with Gasteiger partial charge in [0.2, 0.25) is 11.8 Å². The van der Waals surface area contributed by atoms with Crippen molar-refractivity contribution in [3.05, 3.63) is 59.1 Å². The van der Waals surface area contributed by atoms with Gasteiger partial charge in [-0.15, -0.1) is 0 Å². The van der Waals surface area contributed by atoms with Crippen molar-refractivity contribution in [3.8, 4) is 0 Å². The lowest BCUT2D eigenvalue weighted by molar-refractivity contribution is -0.137. The van der Waals surface area contributed by atoms with Crippen LogP contribution in [0.5, 0.6) is 0 Å². The summed E-state index contributed by atoms with van der Waals surface area (Å²) in [5.74, 6) is -1.44. The number of nitrogens with one attached hydrogen (secondary N) is 1. The summed E-state index contributed by atoms with van der Waals surface area (Å²) < 4.78 is 38.3. The summed E-state index contributed by atoms with van der Waals surface area (Å²) in [4.78, 5) is 26.0. The van der Waals surface area contributed by atoms with E-state index in [0.717, 1.165) is 12.1 Å². The molecule has 0 saturated carbocycles. The highest BCUT2D eigenvalue weighted by Crippen LogP contribution is 2.33. The smallest absolute Gasteiger partial charge is 0.326 e. The second-order valence-corrected chi connectivity index (χ2v) is 6.33. The van der Waals surface area contributed by atoms with Crippen LogP contribution in [0, 0.1) is 5.92 Å². The molecule has 2 aromatic carbocycles. The zero-order chi connectivity index (χ0) is 18.9. The standard InChI is InChI=1S/C18H14ClF3N2O2/c19-14-6-1-2-7-15(14)24-10-11(8-16(24)25)17(26)23-13-5-3-4-12(9-13)18(20,21)22/h1-7,9,11H,8,10H2,(H,23,26)/t11-/m0/s1. The molecule has 1 atom stereocenters. The number of hydrogen-bond acceptors (Lipinski definition) is 2. The first-order valence-electron chi connectivity index (χ1n) is 7.79. The zero-order valence-corrected chi connectivity index (χ0v) is 14.1. The Morgan fingerprint density at radius 3 is 2.58 bits per heavy atom. The summed E-state index contributed by atoms with van der Waals surface area (Å²) in [5, 5.41) is 2.84. The van der Waals surface area contributed by atoms with E-state index in [1.807, 2.05) is 0 Å². The number of anilines is 2. The number of rotatable bonds is 3. The van der Waals surface area contributed by atoms with Gasteiger partial charge in [0.1, 0.15) is 0 Å². The molecule has 0 unspecified atom stereocenters. The van der Waals surface area contributed by atoms with Crippen molar-refractivity contribution >= 4 is 34.8 Å².